The summed E-state index contributed by atoms with van der Waals surface area (Å²) in [7, 11) is 0. The minimum absolute atomic E-state index is 0.0505. The van der Waals surface area contributed by atoms with Crippen LogP contribution in [-0.2, 0) is 0 Å². The second kappa shape index (κ2) is 8.48. The molecular formula is C14H24N4O. The molecule has 0 unspecified atom stereocenters. The first kappa shape index (κ1) is 15.4. The van der Waals surface area contributed by atoms with Crippen molar-refractivity contribution in [1.82, 2.24) is 15.2 Å². The fourth-order valence-electron chi connectivity index (χ4n) is 1.89. The molecule has 2 N–H and O–H groups in total. The van der Waals surface area contributed by atoms with E-state index in [4.69, 9.17) is 0 Å². The molecular weight excluding hydrogens is 240 g/mol. The molecule has 1 amide bonds. The van der Waals surface area contributed by atoms with Crippen LogP contribution in [0.5, 0.6) is 0 Å². The third-order valence-electron chi connectivity index (χ3n) is 3.04. The molecule has 0 atom stereocenters. The van der Waals surface area contributed by atoms with Crippen LogP contribution in [0.25, 0.3) is 0 Å². The molecule has 0 saturated heterocycles. The molecule has 106 valence electrons. The lowest BCUT2D eigenvalue weighted by Gasteiger charge is -2.18. The maximum Gasteiger partial charge on any atom is 0.253 e. The number of carbonyl (C=O) groups excluding carboxylic acids is 1. The van der Waals surface area contributed by atoms with E-state index in [-0.39, 0.29) is 5.91 Å². The Labute approximate surface area is 115 Å². The minimum Gasteiger partial charge on any atom is -0.383 e. The van der Waals surface area contributed by atoms with E-state index in [1.807, 2.05) is 6.92 Å². The van der Waals surface area contributed by atoms with Gasteiger partial charge in [0.25, 0.3) is 5.91 Å². The van der Waals surface area contributed by atoms with E-state index in [1.54, 1.807) is 18.5 Å². The first-order valence-corrected chi connectivity index (χ1v) is 6.91. The number of nitrogens with zero attached hydrogens (tertiary/aromatic N) is 2. The van der Waals surface area contributed by atoms with Crippen molar-refractivity contribution in [2.24, 2.45) is 0 Å². The van der Waals surface area contributed by atoms with Gasteiger partial charge in [-0.1, -0.05) is 13.8 Å². The SMILES string of the molecule is CCNc1cnccc1C(=O)NCCN(CC)CC. The Morgan fingerprint density at radius 2 is 2.05 bits per heavy atom. The summed E-state index contributed by atoms with van der Waals surface area (Å²) in [6.07, 6.45) is 3.32. The highest BCUT2D eigenvalue weighted by Gasteiger charge is 2.10. The summed E-state index contributed by atoms with van der Waals surface area (Å²) in [6.45, 7) is 10.6. The molecule has 19 heavy (non-hydrogen) atoms. The van der Waals surface area contributed by atoms with Gasteiger partial charge in [0.15, 0.2) is 0 Å². The Morgan fingerprint density at radius 3 is 2.68 bits per heavy atom. The summed E-state index contributed by atoms with van der Waals surface area (Å²) in [4.78, 5) is 18.4. The molecule has 0 aliphatic rings. The first-order valence-electron chi connectivity index (χ1n) is 6.91. The van der Waals surface area contributed by atoms with Crippen molar-refractivity contribution in [3.8, 4) is 0 Å². The van der Waals surface area contributed by atoms with E-state index in [9.17, 15) is 4.79 Å². The Bertz CT molecular complexity index is 391. The number of anilines is 1. The van der Waals surface area contributed by atoms with Crippen molar-refractivity contribution in [3.05, 3.63) is 24.0 Å². The zero-order chi connectivity index (χ0) is 14.1. The van der Waals surface area contributed by atoms with Gasteiger partial charge >= 0.3 is 0 Å². The van der Waals surface area contributed by atoms with Gasteiger partial charge in [0.1, 0.15) is 0 Å². The molecule has 0 aromatic carbocycles. The molecule has 1 rings (SSSR count). The van der Waals surface area contributed by atoms with Gasteiger partial charge in [-0.25, -0.2) is 0 Å². The highest BCUT2D eigenvalue weighted by atomic mass is 16.1. The predicted molar refractivity (Wildman–Crippen MR) is 78.5 cm³/mol. The summed E-state index contributed by atoms with van der Waals surface area (Å²) in [5.41, 5.74) is 1.43. The maximum atomic E-state index is 12.1. The Morgan fingerprint density at radius 1 is 1.32 bits per heavy atom. The lowest BCUT2D eigenvalue weighted by atomic mass is 10.2. The zero-order valence-electron chi connectivity index (χ0n) is 12.1. The van der Waals surface area contributed by atoms with Crippen LogP contribution in [0.3, 0.4) is 0 Å². The van der Waals surface area contributed by atoms with E-state index in [0.29, 0.717) is 12.1 Å². The molecule has 0 aliphatic heterocycles. The average Bonchev–Trinajstić information content (AvgIpc) is 2.44. The van der Waals surface area contributed by atoms with Crippen LogP contribution in [0.1, 0.15) is 31.1 Å². The van der Waals surface area contributed by atoms with E-state index in [1.165, 1.54) is 0 Å². The molecule has 0 saturated carbocycles. The van der Waals surface area contributed by atoms with Gasteiger partial charge < -0.3 is 15.5 Å². The largest absolute Gasteiger partial charge is 0.383 e. The van der Waals surface area contributed by atoms with Crippen LogP contribution in [-0.4, -0.2) is 48.5 Å². The van der Waals surface area contributed by atoms with Gasteiger partial charge in [0, 0.05) is 25.8 Å². The number of pyridine rings is 1. The fourth-order valence-corrected chi connectivity index (χ4v) is 1.89. The van der Waals surface area contributed by atoms with Crippen LogP contribution < -0.4 is 10.6 Å². The van der Waals surface area contributed by atoms with E-state index < -0.39 is 0 Å². The second-order valence-corrected chi connectivity index (χ2v) is 4.23. The standard InChI is InChI=1S/C14H24N4O/c1-4-16-13-11-15-8-7-12(13)14(19)17-9-10-18(5-2)6-3/h7-8,11,16H,4-6,9-10H2,1-3H3,(H,17,19). The number of likely N-dealkylation sites (N-methyl/N-ethyl adjacent to an activating group) is 1. The fraction of sp³-hybridized carbons (Fsp3) is 0.571. The van der Waals surface area contributed by atoms with Crippen molar-refractivity contribution in [3.63, 3.8) is 0 Å². The lowest BCUT2D eigenvalue weighted by Crippen LogP contribution is -2.35. The third-order valence-corrected chi connectivity index (χ3v) is 3.04. The molecule has 5 heteroatoms. The minimum atomic E-state index is -0.0505. The number of amides is 1. The smallest absolute Gasteiger partial charge is 0.253 e. The monoisotopic (exact) mass is 264 g/mol. The first-order chi connectivity index (χ1) is 9.22. The van der Waals surface area contributed by atoms with E-state index in [2.05, 4.69) is 34.4 Å². The lowest BCUT2D eigenvalue weighted by molar-refractivity contribution is 0.0949. The number of aromatic nitrogens is 1. The van der Waals surface area contributed by atoms with Crippen molar-refractivity contribution >= 4 is 11.6 Å². The van der Waals surface area contributed by atoms with Crippen LogP contribution in [0, 0.1) is 0 Å². The van der Waals surface area contributed by atoms with Crippen LogP contribution in [0.2, 0.25) is 0 Å². The number of hydrogen-bond acceptors (Lipinski definition) is 4. The third kappa shape index (κ3) is 4.87. The Kier molecular flexibility index (Phi) is 6.89. The van der Waals surface area contributed by atoms with E-state index >= 15 is 0 Å². The quantitative estimate of drug-likeness (QED) is 0.748. The summed E-state index contributed by atoms with van der Waals surface area (Å²) in [5.74, 6) is -0.0505. The molecule has 0 bridgehead atoms. The summed E-state index contributed by atoms with van der Waals surface area (Å²) >= 11 is 0. The van der Waals surface area contributed by atoms with Gasteiger partial charge in [-0.3, -0.25) is 9.78 Å². The zero-order valence-corrected chi connectivity index (χ0v) is 12.1. The van der Waals surface area contributed by atoms with Crippen molar-refractivity contribution in [2.75, 3.05) is 38.0 Å². The Balaban J connectivity index is 2.53. The van der Waals surface area contributed by atoms with E-state index in [0.717, 1.165) is 31.9 Å². The Hall–Kier alpha value is -1.62. The van der Waals surface area contributed by atoms with Gasteiger partial charge in [-0.05, 0) is 26.1 Å². The van der Waals surface area contributed by atoms with Gasteiger partial charge in [-0.15, -0.1) is 0 Å². The molecule has 1 heterocycles. The molecule has 1 aromatic heterocycles. The second-order valence-electron chi connectivity index (χ2n) is 4.23. The van der Waals surface area contributed by atoms with Gasteiger partial charge in [0.05, 0.1) is 17.4 Å². The summed E-state index contributed by atoms with van der Waals surface area (Å²) in [6, 6.07) is 1.74. The average molecular weight is 264 g/mol. The van der Waals surface area contributed by atoms with Gasteiger partial charge in [0.2, 0.25) is 0 Å². The topological polar surface area (TPSA) is 57.3 Å². The van der Waals surface area contributed by atoms with Crippen LogP contribution >= 0.6 is 0 Å². The number of nitrogens with one attached hydrogen (secondary N) is 2. The van der Waals surface area contributed by atoms with Crippen molar-refractivity contribution in [2.45, 2.75) is 20.8 Å². The number of rotatable bonds is 8. The molecule has 0 fully saturated rings. The summed E-state index contributed by atoms with van der Waals surface area (Å²) < 4.78 is 0. The van der Waals surface area contributed by atoms with Crippen molar-refractivity contribution in [1.29, 1.82) is 0 Å². The highest BCUT2D eigenvalue weighted by Crippen LogP contribution is 2.12. The van der Waals surface area contributed by atoms with Gasteiger partial charge in [-0.2, -0.15) is 0 Å². The summed E-state index contributed by atoms with van der Waals surface area (Å²) in [5, 5.41) is 6.09. The molecule has 1 aromatic rings. The predicted octanol–water partition coefficient (Wildman–Crippen LogP) is 1.58. The molecule has 5 nitrogen and oxygen atoms in total. The maximum absolute atomic E-state index is 12.1. The number of hydrogen-bond donors (Lipinski definition) is 2. The molecule has 0 radical (unpaired) electrons. The normalized spacial score (nSPS) is 10.5. The molecule has 0 aliphatic carbocycles. The van der Waals surface area contributed by atoms with Crippen LogP contribution in [0.4, 0.5) is 5.69 Å². The van der Waals surface area contributed by atoms with Crippen LogP contribution in [0.15, 0.2) is 18.5 Å². The highest BCUT2D eigenvalue weighted by molar-refractivity contribution is 5.99. The van der Waals surface area contributed by atoms with Crippen molar-refractivity contribution < 1.29 is 4.79 Å². The number of carbonyl (C=O) groups is 1. The molecule has 0 spiro atoms.